The molecule has 4 aromatic rings. The van der Waals surface area contributed by atoms with E-state index in [1.54, 1.807) is 25.4 Å². The molecule has 4 aliphatic carbocycles. The molecule has 0 bridgehead atoms. The van der Waals surface area contributed by atoms with Crippen LogP contribution in [0.4, 0.5) is 0 Å². The molecule has 0 unspecified atom stereocenters. The number of halogens is 4. The Kier molecular flexibility index (Phi) is 8.31. The van der Waals surface area contributed by atoms with E-state index in [0.717, 1.165) is 50.6 Å². The van der Waals surface area contributed by atoms with Crippen molar-refractivity contribution in [2.75, 3.05) is 14.2 Å². The lowest BCUT2D eigenvalue weighted by Gasteiger charge is -2.35. The first-order chi connectivity index (χ1) is 21.8. The summed E-state index contributed by atoms with van der Waals surface area (Å²) >= 11 is 14.7. The molecule has 0 amide bonds. The molecule has 4 aliphatic rings. The van der Waals surface area contributed by atoms with E-state index < -0.39 is 0 Å². The van der Waals surface area contributed by atoms with E-state index in [-0.39, 0.29) is 10.8 Å². The van der Waals surface area contributed by atoms with Crippen LogP contribution in [0.25, 0.3) is 11.1 Å². The predicted octanol–water partition coefficient (Wildman–Crippen LogP) is 12.1. The van der Waals surface area contributed by atoms with Gasteiger partial charge in [0.2, 0.25) is 0 Å². The minimum absolute atomic E-state index is 0.0232. The van der Waals surface area contributed by atoms with Crippen molar-refractivity contribution in [1.82, 2.24) is 0 Å². The second kappa shape index (κ2) is 11.8. The van der Waals surface area contributed by atoms with Gasteiger partial charge in [-0.3, -0.25) is 0 Å². The molecule has 0 N–H and O–H groups in total. The maximum Gasteiger partial charge on any atom is 0.133 e. The molecule has 0 spiro atoms. The molecule has 4 aromatic carbocycles. The fourth-order valence-electron chi connectivity index (χ4n) is 8.22. The number of ether oxygens (including phenoxy) is 2. The van der Waals surface area contributed by atoms with Gasteiger partial charge in [-0.15, -0.1) is 0 Å². The highest BCUT2D eigenvalue weighted by Crippen LogP contribution is 2.53. The van der Waals surface area contributed by atoms with Crippen molar-refractivity contribution in [3.8, 4) is 11.5 Å². The second-order valence-corrected chi connectivity index (χ2v) is 17.2. The number of allylic oxidation sites excluding steroid dienone is 4. The summed E-state index contributed by atoms with van der Waals surface area (Å²) < 4.78 is 15.5. The Balaban J connectivity index is 0.000000147. The van der Waals surface area contributed by atoms with E-state index in [0.29, 0.717) is 0 Å². The lowest BCUT2D eigenvalue weighted by atomic mass is 9.69. The van der Waals surface area contributed by atoms with Gasteiger partial charge in [0.1, 0.15) is 11.5 Å². The van der Waals surface area contributed by atoms with E-state index >= 15 is 0 Å². The molecule has 0 atom stereocenters. The molecule has 0 saturated carbocycles. The second-order valence-electron chi connectivity index (χ2n) is 13.7. The molecule has 0 radical (unpaired) electrons. The topological polar surface area (TPSA) is 18.5 Å². The van der Waals surface area contributed by atoms with Crippen LogP contribution in [-0.4, -0.2) is 14.2 Å². The lowest BCUT2D eigenvalue weighted by molar-refractivity contribution is 0.409. The quantitative estimate of drug-likeness (QED) is 0.200. The van der Waals surface area contributed by atoms with Crippen molar-refractivity contribution in [3.63, 3.8) is 0 Å². The lowest BCUT2D eigenvalue weighted by Crippen LogP contribution is -2.27. The van der Waals surface area contributed by atoms with Crippen LogP contribution in [0.3, 0.4) is 0 Å². The smallest absolute Gasteiger partial charge is 0.133 e. The summed E-state index contributed by atoms with van der Waals surface area (Å²) in [6.07, 6.45) is 4.10. The van der Waals surface area contributed by atoms with Gasteiger partial charge >= 0.3 is 0 Å². The summed E-state index contributed by atoms with van der Waals surface area (Å²) in [6, 6.07) is 22.1. The van der Waals surface area contributed by atoms with E-state index in [2.05, 4.69) is 152 Å². The number of hydrogen-bond donors (Lipinski definition) is 0. The molecule has 8 rings (SSSR count). The monoisotopic (exact) mass is 864 g/mol. The third-order valence-electron chi connectivity index (χ3n) is 10.6. The van der Waals surface area contributed by atoms with Crippen LogP contribution in [-0.2, 0) is 36.5 Å². The number of fused-ring (bicyclic) bond motifs is 6. The van der Waals surface area contributed by atoms with Crippen LogP contribution in [0.1, 0.15) is 72.2 Å². The summed E-state index contributed by atoms with van der Waals surface area (Å²) in [7, 11) is 3.46. The fraction of sp³-hybridized carbons (Fsp3) is 0.300. The molecule has 0 saturated heterocycles. The van der Waals surface area contributed by atoms with Gasteiger partial charge in [-0.25, -0.2) is 0 Å². The van der Waals surface area contributed by atoms with Crippen molar-refractivity contribution < 1.29 is 9.47 Å². The van der Waals surface area contributed by atoms with Gasteiger partial charge in [-0.05, 0) is 156 Å². The Morgan fingerprint density at radius 1 is 0.543 bits per heavy atom. The van der Waals surface area contributed by atoms with Gasteiger partial charge < -0.3 is 9.47 Å². The SMILES string of the molecule is COc1cc2c(cc1Br)CC1=C(Cc3cc(Br)ccc31)C2(C)C.COc1cc2c(cc1Br)CC1=C(Cc3cccc(Br)c31)C2(C)C. The third-order valence-corrected chi connectivity index (χ3v) is 13.0. The highest BCUT2D eigenvalue weighted by Gasteiger charge is 2.41. The maximum atomic E-state index is 5.53. The van der Waals surface area contributed by atoms with Crippen molar-refractivity contribution in [2.45, 2.75) is 64.2 Å². The highest BCUT2D eigenvalue weighted by atomic mass is 79.9. The summed E-state index contributed by atoms with van der Waals surface area (Å²) in [5.74, 6) is 1.83. The summed E-state index contributed by atoms with van der Waals surface area (Å²) in [5, 5.41) is 0. The molecule has 0 aromatic heterocycles. The zero-order valence-electron chi connectivity index (χ0n) is 26.9. The minimum Gasteiger partial charge on any atom is -0.496 e. The average Bonchev–Trinajstić information content (AvgIpc) is 3.57. The maximum absolute atomic E-state index is 5.53. The minimum atomic E-state index is 0.0232. The van der Waals surface area contributed by atoms with Gasteiger partial charge in [-0.2, -0.15) is 0 Å². The molecular weight excluding hydrogens is 832 g/mol. The van der Waals surface area contributed by atoms with Gasteiger partial charge in [0.15, 0.2) is 0 Å². The molecule has 0 fully saturated rings. The zero-order chi connectivity index (χ0) is 32.7. The molecule has 46 heavy (non-hydrogen) atoms. The van der Waals surface area contributed by atoms with Crippen molar-refractivity contribution in [1.29, 1.82) is 0 Å². The Bertz CT molecular complexity index is 2010. The van der Waals surface area contributed by atoms with Crippen LogP contribution in [0.15, 0.2) is 89.7 Å². The Hall–Kier alpha value is -2.12. The van der Waals surface area contributed by atoms with E-state index in [1.165, 1.54) is 60.1 Å². The first-order valence-electron chi connectivity index (χ1n) is 15.6. The standard InChI is InChI=1S/2C20H18Br2O/c1-20(2)16-10-19(23-3)18(22)9-12(16)7-15-14-5-4-13(21)6-11(14)8-17(15)20;1-20(2)14-10-18(23-3)17(22)9-12(14)7-13-15(20)8-11-5-4-6-16(21)19(11)13/h2*4-6,9-10H,7-8H2,1-3H3. The largest absolute Gasteiger partial charge is 0.496 e. The summed E-state index contributed by atoms with van der Waals surface area (Å²) in [5.41, 5.74) is 17.5. The van der Waals surface area contributed by atoms with Gasteiger partial charge in [-0.1, -0.05) is 88.9 Å². The summed E-state index contributed by atoms with van der Waals surface area (Å²) in [6.45, 7) is 9.37. The van der Waals surface area contributed by atoms with Crippen LogP contribution in [0.5, 0.6) is 11.5 Å². The molecule has 6 heteroatoms. The summed E-state index contributed by atoms with van der Waals surface area (Å²) in [4.78, 5) is 0. The number of hydrogen-bond acceptors (Lipinski definition) is 2. The van der Waals surface area contributed by atoms with Gasteiger partial charge in [0, 0.05) is 19.8 Å². The normalized spacial score (nSPS) is 17.6. The van der Waals surface area contributed by atoms with E-state index in [9.17, 15) is 0 Å². The van der Waals surface area contributed by atoms with E-state index in [1.807, 2.05) is 0 Å². The zero-order valence-corrected chi connectivity index (χ0v) is 33.3. The number of benzene rings is 4. The van der Waals surface area contributed by atoms with Crippen LogP contribution < -0.4 is 9.47 Å². The first-order valence-corrected chi connectivity index (χ1v) is 18.8. The Labute approximate surface area is 306 Å². The van der Waals surface area contributed by atoms with Crippen LogP contribution >= 0.6 is 63.7 Å². The number of methoxy groups -OCH3 is 2. The van der Waals surface area contributed by atoms with E-state index in [4.69, 9.17) is 9.47 Å². The van der Waals surface area contributed by atoms with Crippen LogP contribution in [0.2, 0.25) is 0 Å². The Morgan fingerprint density at radius 3 is 1.67 bits per heavy atom. The molecule has 0 heterocycles. The average molecular weight is 868 g/mol. The van der Waals surface area contributed by atoms with Crippen molar-refractivity contribution >= 4 is 74.9 Å². The van der Waals surface area contributed by atoms with Crippen molar-refractivity contribution in [2.24, 2.45) is 0 Å². The van der Waals surface area contributed by atoms with Gasteiger partial charge in [0.25, 0.3) is 0 Å². The fourth-order valence-corrected chi connectivity index (χ4v) is 10.4. The third kappa shape index (κ3) is 5.12. The first kappa shape index (κ1) is 32.4. The van der Waals surface area contributed by atoms with Gasteiger partial charge in [0.05, 0.1) is 23.2 Å². The molecular formula is C40H36Br4O2. The highest BCUT2D eigenvalue weighted by molar-refractivity contribution is 9.11. The number of rotatable bonds is 2. The van der Waals surface area contributed by atoms with Crippen LogP contribution in [0, 0.1) is 0 Å². The molecule has 0 aliphatic heterocycles. The molecule has 236 valence electrons. The molecule has 2 nitrogen and oxygen atoms in total. The Morgan fingerprint density at radius 2 is 1.09 bits per heavy atom. The predicted molar refractivity (Wildman–Crippen MR) is 204 cm³/mol. The van der Waals surface area contributed by atoms with Crippen molar-refractivity contribution in [3.05, 3.63) is 134 Å².